The van der Waals surface area contributed by atoms with Gasteiger partial charge in [-0.3, -0.25) is 4.68 Å². The predicted molar refractivity (Wildman–Crippen MR) is 59.8 cm³/mol. The average molecular weight is 261 g/mol. The van der Waals surface area contributed by atoms with Crippen molar-refractivity contribution in [2.75, 3.05) is 0 Å². The lowest BCUT2D eigenvalue weighted by molar-refractivity contribution is 0.472. The van der Waals surface area contributed by atoms with Gasteiger partial charge < -0.3 is 0 Å². The molecule has 0 amide bonds. The Hall–Kier alpha value is 0.0400. The Bertz CT molecular complexity index is 320. The van der Waals surface area contributed by atoms with E-state index in [1.54, 1.807) is 0 Å². The topological polar surface area (TPSA) is 17.8 Å². The number of hydrogen-bond acceptors (Lipinski definition) is 2. The molecule has 0 fully saturated rings. The molecule has 1 aliphatic rings. The molecular formula is C9H13BrN2S. The van der Waals surface area contributed by atoms with Gasteiger partial charge in [0.05, 0.1) is 5.69 Å². The van der Waals surface area contributed by atoms with E-state index in [4.69, 9.17) is 0 Å². The summed E-state index contributed by atoms with van der Waals surface area (Å²) in [7, 11) is 0. The van der Waals surface area contributed by atoms with E-state index in [0.29, 0.717) is 5.92 Å². The van der Waals surface area contributed by atoms with E-state index >= 15 is 0 Å². The lowest BCUT2D eigenvalue weighted by atomic mass is 10.2. The molecule has 0 saturated heterocycles. The van der Waals surface area contributed by atoms with Crippen molar-refractivity contribution in [3.8, 4) is 0 Å². The van der Waals surface area contributed by atoms with Crippen LogP contribution in [0.5, 0.6) is 0 Å². The van der Waals surface area contributed by atoms with Gasteiger partial charge in [-0.15, -0.1) is 0 Å². The van der Waals surface area contributed by atoms with Crippen LogP contribution >= 0.6 is 27.7 Å². The van der Waals surface area contributed by atoms with E-state index in [1.165, 1.54) is 11.3 Å². The molecule has 2 heterocycles. The molecule has 0 aliphatic carbocycles. The monoisotopic (exact) mass is 260 g/mol. The largest absolute Gasteiger partial charge is 0.267 e. The predicted octanol–water partition coefficient (Wildman–Crippen LogP) is 3.05. The second-order valence-corrected chi connectivity index (χ2v) is 5.52. The van der Waals surface area contributed by atoms with Gasteiger partial charge in [-0.25, -0.2) is 0 Å². The van der Waals surface area contributed by atoms with Crippen molar-refractivity contribution in [1.29, 1.82) is 0 Å². The third-order valence-corrected chi connectivity index (χ3v) is 3.75. The highest BCUT2D eigenvalue weighted by molar-refractivity contribution is 9.10. The van der Waals surface area contributed by atoms with Crippen LogP contribution in [0.3, 0.4) is 0 Å². The van der Waals surface area contributed by atoms with Crippen LogP contribution in [0.2, 0.25) is 0 Å². The zero-order valence-corrected chi connectivity index (χ0v) is 10.3. The maximum Gasteiger partial charge on any atom is 0.132 e. The first-order valence-electron chi connectivity index (χ1n) is 4.50. The summed E-state index contributed by atoms with van der Waals surface area (Å²) < 4.78 is 3.21. The van der Waals surface area contributed by atoms with Crippen molar-refractivity contribution in [2.45, 2.75) is 31.9 Å². The van der Waals surface area contributed by atoms with Crippen LogP contribution in [0.25, 0.3) is 0 Å². The Morgan fingerprint density at radius 1 is 1.54 bits per heavy atom. The van der Waals surface area contributed by atoms with E-state index in [-0.39, 0.29) is 0 Å². The van der Waals surface area contributed by atoms with Crippen LogP contribution in [0, 0.1) is 5.92 Å². The molecule has 2 nitrogen and oxygen atoms in total. The molecule has 1 aliphatic heterocycles. The van der Waals surface area contributed by atoms with Crippen molar-refractivity contribution in [1.82, 2.24) is 9.78 Å². The molecule has 0 radical (unpaired) electrons. The van der Waals surface area contributed by atoms with E-state index in [1.807, 2.05) is 11.8 Å². The van der Waals surface area contributed by atoms with Crippen molar-refractivity contribution in [2.24, 2.45) is 5.92 Å². The lowest BCUT2D eigenvalue weighted by Gasteiger charge is -2.07. The smallest absolute Gasteiger partial charge is 0.132 e. The summed E-state index contributed by atoms with van der Waals surface area (Å²) in [6.45, 7) is 5.49. The van der Waals surface area contributed by atoms with Gasteiger partial charge in [0.25, 0.3) is 0 Å². The van der Waals surface area contributed by atoms with Gasteiger partial charge in [0.1, 0.15) is 4.60 Å². The number of nitrogens with zero attached hydrogens (tertiary/aromatic N) is 2. The second-order valence-electron chi connectivity index (χ2n) is 3.78. The molecule has 0 unspecified atom stereocenters. The van der Waals surface area contributed by atoms with Gasteiger partial charge in [-0.05, 0) is 21.8 Å². The molecule has 0 spiro atoms. The standard InChI is InChI=1S/C9H13BrN2S/c1-6(2)3-12-8-5-13-4-7(8)9(10)11-12/h6H,3-5H2,1-2H3. The lowest BCUT2D eigenvalue weighted by Crippen LogP contribution is -2.08. The summed E-state index contributed by atoms with van der Waals surface area (Å²) in [5, 5.41) is 4.49. The van der Waals surface area contributed by atoms with Gasteiger partial charge in [0.15, 0.2) is 0 Å². The molecule has 1 aromatic rings. The maximum atomic E-state index is 4.49. The molecule has 13 heavy (non-hydrogen) atoms. The normalized spacial score (nSPS) is 15.4. The molecular weight excluding hydrogens is 248 g/mol. The van der Waals surface area contributed by atoms with Crippen LogP contribution in [0.4, 0.5) is 0 Å². The van der Waals surface area contributed by atoms with Crippen LogP contribution in [-0.2, 0) is 18.1 Å². The van der Waals surface area contributed by atoms with Crippen LogP contribution < -0.4 is 0 Å². The van der Waals surface area contributed by atoms with E-state index in [0.717, 1.165) is 22.7 Å². The molecule has 4 heteroatoms. The molecule has 72 valence electrons. The van der Waals surface area contributed by atoms with Gasteiger partial charge >= 0.3 is 0 Å². The third kappa shape index (κ3) is 1.79. The Morgan fingerprint density at radius 3 is 3.00 bits per heavy atom. The van der Waals surface area contributed by atoms with Gasteiger partial charge in [0, 0.05) is 23.6 Å². The number of aromatic nitrogens is 2. The Morgan fingerprint density at radius 2 is 2.31 bits per heavy atom. The van der Waals surface area contributed by atoms with Crippen LogP contribution in [0.1, 0.15) is 25.1 Å². The summed E-state index contributed by atoms with van der Waals surface area (Å²) in [5.41, 5.74) is 2.83. The summed E-state index contributed by atoms with van der Waals surface area (Å²) in [4.78, 5) is 0. The molecule has 1 aromatic heterocycles. The van der Waals surface area contributed by atoms with Crippen molar-refractivity contribution in [3.05, 3.63) is 15.9 Å². The first-order chi connectivity index (χ1) is 6.18. The fourth-order valence-electron chi connectivity index (χ4n) is 1.55. The van der Waals surface area contributed by atoms with Gasteiger partial charge in [-0.2, -0.15) is 16.9 Å². The van der Waals surface area contributed by atoms with E-state index in [2.05, 4.69) is 39.6 Å². The minimum Gasteiger partial charge on any atom is -0.267 e. The zero-order chi connectivity index (χ0) is 9.42. The molecule has 2 rings (SSSR count). The zero-order valence-electron chi connectivity index (χ0n) is 7.88. The minimum absolute atomic E-state index is 0.668. The Kier molecular flexibility index (Phi) is 2.70. The van der Waals surface area contributed by atoms with E-state index < -0.39 is 0 Å². The first kappa shape index (κ1) is 9.59. The molecule has 0 atom stereocenters. The number of hydrogen-bond donors (Lipinski definition) is 0. The molecule has 0 aromatic carbocycles. The summed E-state index contributed by atoms with van der Waals surface area (Å²) in [5.74, 6) is 2.91. The Balaban J connectivity index is 2.31. The number of fused-ring (bicyclic) bond motifs is 1. The molecule has 0 N–H and O–H groups in total. The van der Waals surface area contributed by atoms with Gasteiger partial charge in [0.2, 0.25) is 0 Å². The highest BCUT2D eigenvalue weighted by atomic mass is 79.9. The van der Waals surface area contributed by atoms with Crippen LogP contribution in [0.15, 0.2) is 4.60 Å². The highest BCUT2D eigenvalue weighted by Gasteiger charge is 2.21. The fourth-order valence-corrected chi connectivity index (χ4v) is 3.42. The molecule has 0 saturated carbocycles. The second kappa shape index (κ2) is 3.65. The summed E-state index contributed by atoms with van der Waals surface area (Å²) in [6, 6.07) is 0. The number of rotatable bonds is 2. The van der Waals surface area contributed by atoms with Crippen LogP contribution in [-0.4, -0.2) is 9.78 Å². The van der Waals surface area contributed by atoms with Gasteiger partial charge in [-0.1, -0.05) is 13.8 Å². The maximum absolute atomic E-state index is 4.49. The third-order valence-electron chi connectivity index (χ3n) is 2.14. The van der Waals surface area contributed by atoms with E-state index in [9.17, 15) is 0 Å². The average Bonchev–Trinajstić information content (AvgIpc) is 2.56. The quantitative estimate of drug-likeness (QED) is 0.814. The highest BCUT2D eigenvalue weighted by Crippen LogP contribution is 2.34. The summed E-state index contributed by atoms with van der Waals surface area (Å²) in [6.07, 6.45) is 0. The fraction of sp³-hybridized carbons (Fsp3) is 0.667. The minimum atomic E-state index is 0.668. The SMILES string of the molecule is CC(C)Cn1nc(Br)c2c1CSC2. The van der Waals surface area contributed by atoms with Crippen molar-refractivity contribution >= 4 is 27.7 Å². The number of thioether (sulfide) groups is 1. The first-order valence-corrected chi connectivity index (χ1v) is 6.45. The Labute approximate surface area is 91.2 Å². The summed E-state index contributed by atoms with van der Waals surface area (Å²) >= 11 is 5.49. The van der Waals surface area contributed by atoms with Crippen molar-refractivity contribution in [3.63, 3.8) is 0 Å². The molecule has 0 bridgehead atoms. The van der Waals surface area contributed by atoms with Crippen molar-refractivity contribution < 1.29 is 0 Å². The number of halogens is 1.